The Morgan fingerprint density at radius 2 is 2.10 bits per heavy atom. The third-order valence-electron chi connectivity index (χ3n) is 3.61. The van der Waals surface area contributed by atoms with Crippen LogP contribution in [-0.4, -0.2) is 31.2 Å². The molecule has 1 aromatic heterocycles. The molecule has 0 unspecified atom stereocenters. The normalized spacial score (nSPS) is 17.1. The Morgan fingerprint density at radius 1 is 1.40 bits per heavy atom. The Kier molecular flexibility index (Phi) is 4.78. The zero-order chi connectivity index (χ0) is 14.8. The first-order chi connectivity index (χ1) is 9.38. The van der Waals surface area contributed by atoms with Crippen LogP contribution in [0.3, 0.4) is 0 Å². The molecule has 20 heavy (non-hydrogen) atoms. The SMILES string of the molecule is Cc1cc(CN[C@@H](C)CNS(=O)(=O)C2CC2)cnc1C. The van der Waals surface area contributed by atoms with Crippen molar-refractivity contribution < 1.29 is 8.42 Å². The monoisotopic (exact) mass is 297 g/mol. The van der Waals surface area contributed by atoms with Crippen LogP contribution in [0.15, 0.2) is 12.3 Å². The highest BCUT2D eigenvalue weighted by molar-refractivity contribution is 7.90. The molecule has 0 aromatic carbocycles. The molecule has 1 atom stereocenters. The lowest BCUT2D eigenvalue weighted by Crippen LogP contribution is -2.39. The molecule has 0 saturated heterocycles. The summed E-state index contributed by atoms with van der Waals surface area (Å²) in [5, 5.41) is 3.16. The van der Waals surface area contributed by atoms with E-state index in [1.165, 1.54) is 5.56 Å². The fourth-order valence-electron chi connectivity index (χ4n) is 1.90. The van der Waals surface area contributed by atoms with E-state index in [-0.39, 0.29) is 11.3 Å². The van der Waals surface area contributed by atoms with E-state index in [0.29, 0.717) is 13.1 Å². The molecular formula is C14H23N3O2S. The molecule has 1 aliphatic rings. The number of aryl methyl sites for hydroxylation is 2. The number of hydrogen-bond acceptors (Lipinski definition) is 4. The zero-order valence-electron chi connectivity index (χ0n) is 12.3. The molecule has 6 heteroatoms. The van der Waals surface area contributed by atoms with Gasteiger partial charge in [-0.05, 0) is 44.7 Å². The molecule has 5 nitrogen and oxygen atoms in total. The van der Waals surface area contributed by atoms with Gasteiger partial charge in [-0.2, -0.15) is 0 Å². The van der Waals surface area contributed by atoms with E-state index in [1.807, 2.05) is 27.0 Å². The molecule has 2 N–H and O–H groups in total. The number of pyridine rings is 1. The predicted octanol–water partition coefficient (Wildman–Crippen LogP) is 1.26. The van der Waals surface area contributed by atoms with Crippen molar-refractivity contribution in [3.05, 3.63) is 29.1 Å². The van der Waals surface area contributed by atoms with Gasteiger partial charge in [0.2, 0.25) is 10.0 Å². The summed E-state index contributed by atoms with van der Waals surface area (Å²) in [5.41, 5.74) is 3.33. The standard InChI is InChI=1S/C14H23N3O2S/c1-10-6-13(9-16-12(10)3)8-15-11(2)7-17-20(18,19)14-4-5-14/h6,9,11,14-15,17H,4-5,7-8H2,1-3H3/t11-/m0/s1. The van der Waals surface area contributed by atoms with Gasteiger partial charge in [0.25, 0.3) is 0 Å². The summed E-state index contributed by atoms with van der Waals surface area (Å²) in [4.78, 5) is 4.32. The number of aromatic nitrogens is 1. The Bertz CT molecular complexity index is 568. The van der Waals surface area contributed by atoms with E-state index in [9.17, 15) is 8.42 Å². The van der Waals surface area contributed by atoms with Gasteiger partial charge in [0.05, 0.1) is 5.25 Å². The summed E-state index contributed by atoms with van der Waals surface area (Å²) in [6.45, 7) is 7.13. The van der Waals surface area contributed by atoms with Crippen molar-refractivity contribution in [2.24, 2.45) is 0 Å². The highest BCUT2D eigenvalue weighted by Crippen LogP contribution is 2.27. The van der Waals surface area contributed by atoms with Gasteiger partial charge >= 0.3 is 0 Å². The summed E-state index contributed by atoms with van der Waals surface area (Å²) in [6, 6.07) is 2.20. The van der Waals surface area contributed by atoms with Crippen LogP contribution in [0.4, 0.5) is 0 Å². The van der Waals surface area contributed by atoms with Gasteiger partial charge in [-0.15, -0.1) is 0 Å². The van der Waals surface area contributed by atoms with Crippen LogP contribution < -0.4 is 10.0 Å². The van der Waals surface area contributed by atoms with Gasteiger partial charge in [-0.3, -0.25) is 4.98 Å². The number of nitrogens with one attached hydrogen (secondary N) is 2. The van der Waals surface area contributed by atoms with E-state index >= 15 is 0 Å². The second-order valence-corrected chi connectivity index (χ2v) is 7.67. The molecule has 0 radical (unpaired) electrons. The quantitative estimate of drug-likeness (QED) is 0.795. The molecule has 0 bridgehead atoms. The van der Waals surface area contributed by atoms with Gasteiger partial charge in [0.15, 0.2) is 0 Å². The van der Waals surface area contributed by atoms with Gasteiger partial charge in [0.1, 0.15) is 0 Å². The average Bonchev–Trinajstić information content (AvgIpc) is 3.22. The van der Waals surface area contributed by atoms with Crippen LogP contribution in [0.5, 0.6) is 0 Å². The second-order valence-electron chi connectivity index (χ2n) is 5.62. The van der Waals surface area contributed by atoms with Crippen molar-refractivity contribution in [1.29, 1.82) is 0 Å². The lowest BCUT2D eigenvalue weighted by Gasteiger charge is -2.15. The van der Waals surface area contributed by atoms with Gasteiger partial charge in [-0.25, -0.2) is 13.1 Å². The van der Waals surface area contributed by atoms with Gasteiger partial charge in [-0.1, -0.05) is 6.07 Å². The number of nitrogens with zero attached hydrogens (tertiary/aromatic N) is 1. The summed E-state index contributed by atoms with van der Waals surface area (Å²) < 4.78 is 26.1. The Morgan fingerprint density at radius 3 is 2.70 bits per heavy atom. The van der Waals surface area contributed by atoms with Crippen LogP contribution in [0.25, 0.3) is 0 Å². The maximum absolute atomic E-state index is 11.7. The Balaban J connectivity index is 1.77. The number of rotatable bonds is 7. The first-order valence-corrected chi connectivity index (χ1v) is 8.57. The molecule has 0 spiro atoms. The van der Waals surface area contributed by atoms with Crippen molar-refractivity contribution in [1.82, 2.24) is 15.0 Å². The second kappa shape index (κ2) is 6.20. The predicted molar refractivity (Wildman–Crippen MR) is 80.0 cm³/mol. The topological polar surface area (TPSA) is 71.1 Å². The fraction of sp³-hybridized carbons (Fsp3) is 0.643. The minimum atomic E-state index is -3.08. The highest BCUT2D eigenvalue weighted by atomic mass is 32.2. The lowest BCUT2D eigenvalue weighted by molar-refractivity contribution is 0.523. The molecule has 1 aliphatic carbocycles. The number of sulfonamides is 1. The minimum Gasteiger partial charge on any atom is -0.309 e. The maximum atomic E-state index is 11.7. The van der Waals surface area contributed by atoms with Gasteiger partial charge in [0, 0.05) is 31.0 Å². The van der Waals surface area contributed by atoms with Crippen LogP contribution in [-0.2, 0) is 16.6 Å². The largest absolute Gasteiger partial charge is 0.309 e. The van der Waals surface area contributed by atoms with Crippen LogP contribution in [0, 0.1) is 13.8 Å². The Labute approximate surface area is 121 Å². The summed E-state index contributed by atoms with van der Waals surface area (Å²) >= 11 is 0. The van der Waals surface area contributed by atoms with Crippen molar-refractivity contribution in [3.8, 4) is 0 Å². The molecule has 1 aromatic rings. The molecule has 0 aliphatic heterocycles. The van der Waals surface area contributed by atoms with Crippen molar-refractivity contribution >= 4 is 10.0 Å². The fourth-order valence-corrected chi connectivity index (χ4v) is 3.37. The smallest absolute Gasteiger partial charge is 0.214 e. The highest BCUT2D eigenvalue weighted by Gasteiger charge is 2.35. The molecule has 1 saturated carbocycles. The van der Waals surface area contributed by atoms with E-state index in [1.54, 1.807) is 0 Å². The first-order valence-electron chi connectivity index (χ1n) is 7.02. The molecule has 2 rings (SSSR count). The van der Waals surface area contributed by atoms with Crippen LogP contribution in [0.1, 0.15) is 36.6 Å². The lowest BCUT2D eigenvalue weighted by atomic mass is 10.1. The average molecular weight is 297 g/mol. The Hall–Kier alpha value is -0.980. The van der Waals surface area contributed by atoms with Crippen LogP contribution >= 0.6 is 0 Å². The molecule has 0 amide bonds. The van der Waals surface area contributed by atoms with E-state index in [0.717, 1.165) is 24.1 Å². The third-order valence-corrected chi connectivity index (χ3v) is 5.52. The van der Waals surface area contributed by atoms with E-state index in [2.05, 4.69) is 21.1 Å². The first kappa shape index (κ1) is 15.4. The van der Waals surface area contributed by atoms with E-state index < -0.39 is 10.0 Å². The van der Waals surface area contributed by atoms with E-state index in [4.69, 9.17) is 0 Å². The summed E-state index contributed by atoms with van der Waals surface area (Å²) in [7, 11) is -3.08. The maximum Gasteiger partial charge on any atom is 0.214 e. The number of hydrogen-bond donors (Lipinski definition) is 2. The van der Waals surface area contributed by atoms with Crippen molar-refractivity contribution in [2.75, 3.05) is 6.54 Å². The molecule has 1 heterocycles. The van der Waals surface area contributed by atoms with Gasteiger partial charge < -0.3 is 5.32 Å². The van der Waals surface area contributed by atoms with Crippen molar-refractivity contribution in [3.63, 3.8) is 0 Å². The summed E-state index contributed by atoms with van der Waals surface area (Å²) in [6.07, 6.45) is 3.45. The molecular weight excluding hydrogens is 274 g/mol. The molecule has 1 fully saturated rings. The molecule has 112 valence electrons. The van der Waals surface area contributed by atoms with Crippen LogP contribution in [0.2, 0.25) is 0 Å². The zero-order valence-corrected chi connectivity index (χ0v) is 13.1. The van der Waals surface area contributed by atoms with Crippen molar-refractivity contribution in [2.45, 2.75) is 51.4 Å². The minimum absolute atomic E-state index is 0.0881. The summed E-state index contributed by atoms with van der Waals surface area (Å²) in [5.74, 6) is 0. The third kappa shape index (κ3) is 4.26.